The number of carbonyl (C=O) groups excluding carboxylic acids is 1. The first-order chi connectivity index (χ1) is 11.3. The van der Waals surface area contributed by atoms with Crippen molar-refractivity contribution < 1.29 is 27.5 Å². The van der Waals surface area contributed by atoms with Crippen molar-refractivity contribution in [3.63, 3.8) is 0 Å². The van der Waals surface area contributed by atoms with E-state index in [2.05, 4.69) is 0 Å². The van der Waals surface area contributed by atoms with E-state index in [9.17, 15) is 27.5 Å². The molecule has 24 heavy (non-hydrogen) atoms. The summed E-state index contributed by atoms with van der Waals surface area (Å²) in [5.74, 6) is -0.538. The zero-order chi connectivity index (χ0) is 17.5. The number of benzene rings is 2. The van der Waals surface area contributed by atoms with Gasteiger partial charge in [-0.1, -0.05) is 18.2 Å². The third-order valence-electron chi connectivity index (χ3n) is 3.62. The van der Waals surface area contributed by atoms with Crippen molar-refractivity contribution >= 4 is 17.4 Å². The average Bonchev–Trinajstić information content (AvgIpc) is 2.52. The molecule has 4 nitrogen and oxygen atoms in total. The van der Waals surface area contributed by atoms with Crippen LogP contribution in [0.5, 0.6) is 0 Å². The van der Waals surface area contributed by atoms with Crippen LogP contribution in [0.2, 0.25) is 0 Å². The number of hydrogen-bond donors (Lipinski definition) is 1. The van der Waals surface area contributed by atoms with Crippen LogP contribution < -0.4 is 4.90 Å². The molecule has 1 atom stereocenters. The molecule has 0 aliphatic carbocycles. The van der Waals surface area contributed by atoms with Crippen molar-refractivity contribution in [1.82, 2.24) is 4.90 Å². The first-order valence-corrected chi connectivity index (χ1v) is 6.98. The van der Waals surface area contributed by atoms with Crippen LogP contribution in [0.3, 0.4) is 0 Å². The first-order valence-electron chi connectivity index (χ1n) is 6.98. The van der Waals surface area contributed by atoms with Crippen LogP contribution in [0, 0.1) is 5.82 Å². The maximum Gasteiger partial charge on any atom is 0.406 e. The van der Waals surface area contributed by atoms with Crippen molar-refractivity contribution in [3.05, 3.63) is 59.9 Å². The normalized spacial score (nSPS) is 17.9. The fourth-order valence-electron chi connectivity index (χ4n) is 2.60. The molecular weight excluding hydrogens is 328 g/mol. The Hall–Kier alpha value is -2.61. The van der Waals surface area contributed by atoms with Gasteiger partial charge < -0.3 is 5.11 Å². The molecule has 1 aliphatic heterocycles. The predicted molar refractivity (Wildman–Crippen MR) is 78.1 cm³/mol. The molecule has 0 bridgehead atoms. The van der Waals surface area contributed by atoms with Crippen LogP contribution in [-0.4, -0.2) is 28.8 Å². The molecule has 0 fully saturated rings. The second kappa shape index (κ2) is 5.79. The summed E-state index contributed by atoms with van der Waals surface area (Å²) < 4.78 is 51.4. The number of carbonyl (C=O) groups is 1. The molecule has 1 N–H and O–H groups in total. The summed E-state index contributed by atoms with van der Waals surface area (Å²) >= 11 is 0. The van der Waals surface area contributed by atoms with Gasteiger partial charge in [0.2, 0.25) is 0 Å². The Balaban J connectivity index is 2.11. The summed E-state index contributed by atoms with van der Waals surface area (Å²) in [7, 11) is 0. The molecular formula is C16H12F4N2O2. The van der Waals surface area contributed by atoms with Gasteiger partial charge in [-0.25, -0.2) is 9.18 Å². The topological polar surface area (TPSA) is 43.8 Å². The monoisotopic (exact) mass is 340 g/mol. The number of aliphatic hydroxyl groups is 1. The second-order valence-corrected chi connectivity index (χ2v) is 5.27. The molecule has 0 saturated heterocycles. The number of hydrogen-bond acceptors (Lipinski definition) is 2. The molecule has 2 amide bonds. The molecule has 1 heterocycles. The lowest BCUT2D eigenvalue weighted by molar-refractivity contribution is -0.156. The number of rotatable bonds is 2. The van der Waals surface area contributed by atoms with Gasteiger partial charge in [0.05, 0.1) is 11.4 Å². The van der Waals surface area contributed by atoms with Crippen molar-refractivity contribution in [2.75, 3.05) is 11.4 Å². The highest BCUT2D eigenvalue weighted by molar-refractivity contribution is 6.02. The minimum Gasteiger partial charge on any atom is -0.369 e. The number of fused-ring (bicyclic) bond motifs is 1. The van der Waals surface area contributed by atoms with E-state index < -0.39 is 30.8 Å². The van der Waals surface area contributed by atoms with E-state index in [-0.39, 0.29) is 16.9 Å². The highest BCUT2D eigenvalue weighted by Crippen LogP contribution is 2.40. The van der Waals surface area contributed by atoms with E-state index in [1.807, 2.05) is 0 Å². The van der Waals surface area contributed by atoms with Crippen LogP contribution in [-0.2, 0) is 0 Å². The Morgan fingerprint density at radius 1 is 1.04 bits per heavy atom. The molecule has 3 rings (SSSR count). The average molecular weight is 340 g/mol. The molecule has 0 aromatic heterocycles. The zero-order valence-corrected chi connectivity index (χ0v) is 12.2. The summed E-state index contributed by atoms with van der Waals surface area (Å²) in [4.78, 5) is 13.9. The number of para-hydroxylation sites is 1. The van der Waals surface area contributed by atoms with Crippen LogP contribution in [0.4, 0.5) is 33.7 Å². The SMILES string of the molecule is O=C1N(c2ccc(F)cc2)c2ccccc2C(O)N1CC(F)(F)F. The lowest BCUT2D eigenvalue weighted by Crippen LogP contribution is -2.50. The van der Waals surface area contributed by atoms with Crippen LogP contribution in [0.25, 0.3) is 0 Å². The van der Waals surface area contributed by atoms with Crippen molar-refractivity contribution in [1.29, 1.82) is 0 Å². The minimum atomic E-state index is -4.67. The van der Waals surface area contributed by atoms with E-state index >= 15 is 0 Å². The summed E-state index contributed by atoms with van der Waals surface area (Å²) in [6.45, 7) is -1.60. The minimum absolute atomic E-state index is 0.158. The van der Waals surface area contributed by atoms with Crippen LogP contribution in [0.15, 0.2) is 48.5 Å². The Bertz CT molecular complexity index is 761. The molecule has 8 heteroatoms. The van der Waals surface area contributed by atoms with E-state index in [4.69, 9.17) is 0 Å². The van der Waals surface area contributed by atoms with Gasteiger partial charge in [0.1, 0.15) is 12.4 Å². The van der Waals surface area contributed by atoms with Gasteiger partial charge in [-0.15, -0.1) is 0 Å². The summed E-state index contributed by atoms with van der Waals surface area (Å²) in [5, 5.41) is 10.2. The third-order valence-corrected chi connectivity index (χ3v) is 3.62. The number of nitrogens with zero attached hydrogens (tertiary/aromatic N) is 2. The molecule has 2 aromatic rings. The Kier molecular flexibility index (Phi) is 3.92. The van der Waals surface area contributed by atoms with Gasteiger partial charge >= 0.3 is 12.2 Å². The zero-order valence-electron chi connectivity index (χ0n) is 12.2. The van der Waals surface area contributed by atoms with Gasteiger partial charge in [0, 0.05) is 5.56 Å². The largest absolute Gasteiger partial charge is 0.406 e. The van der Waals surface area contributed by atoms with Crippen molar-refractivity contribution in [2.45, 2.75) is 12.4 Å². The fraction of sp³-hybridized carbons (Fsp3) is 0.188. The number of urea groups is 1. The Labute approximate surface area is 134 Å². The molecule has 0 saturated carbocycles. The molecule has 0 radical (unpaired) electrons. The van der Waals surface area contributed by atoms with Crippen molar-refractivity contribution in [3.8, 4) is 0 Å². The highest BCUT2D eigenvalue weighted by Gasteiger charge is 2.43. The second-order valence-electron chi connectivity index (χ2n) is 5.27. The van der Waals surface area contributed by atoms with E-state index in [1.165, 1.54) is 24.3 Å². The molecule has 1 unspecified atom stereocenters. The number of anilines is 2. The Morgan fingerprint density at radius 3 is 2.29 bits per heavy atom. The first kappa shape index (κ1) is 16.3. The lowest BCUT2D eigenvalue weighted by atomic mass is 10.1. The molecule has 0 spiro atoms. The maximum atomic E-state index is 13.1. The lowest BCUT2D eigenvalue weighted by Gasteiger charge is -2.40. The number of alkyl halides is 3. The number of aliphatic hydroxyl groups excluding tert-OH is 1. The smallest absolute Gasteiger partial charge is 0.369 e. The number of amides is 2. The highest BCUT2D eigenvalue weighted by atomic mass is 19.4. The standard InChI is InChI=1S/C16H12F4N2O2/c17-10-5-7-11(8-6-10)22-13-4-2-1-3-12(13)14(23)21(15(22)24)9-16(18,19)20/h1-8,14,23H,9H2. The van der Waals surface area contributed by atoms with Crippen molar-refractivity contribution in [2.24, 2.45) is 0 Å². The van der Waals surface area contributed by atoms with E-state index in [0.717, 1.165) is 17.0 Å². The quantitative estimate of drug-likeness (QED) is 0.841. The van der Waals surface area contributed by atoms with E-state index in [1.54, 1.807) is 12.1 Å². The van der Waals surface area contributed by atoms with Gasteiger partial charge in [0.15, 0.2) is 6.23 Å². The molecule has 126 valence electrons. The summed E-state index contributed by atoms with van der Waals surface area (Å²) in [5.41, 5.74) is 0.610. The van der Waals surface area contributed by atoms with Crippen LogP contribution >= 0.6 is 0 Å². The van der Waals surface area contributed by atoms with Gasteiger partial charge in [-0.3, -0.25) is 9.80 Å². The van der Waals surface area contributed by atoms with Gasteiger partial charge in [-0.05, 0) is 30.3 Å². The Morgan fingerprint density at radius 2 is 1.67 bits per heavy atom. The van der Waals surface area contributed by atoms with Gasteiger partial charge in [-0.2, -0.15) is 13.2 Å². The van der Waals surface area contributed by atoms with E-state index in [0.29, 0.717) is 4.90 Å². The fourth-order valence-corrected chi connectivity index (χ4v) is 2.60. The third kappa shape index (κ3) is 2.92. The predicted octanol–water partition coefficient (Wildman–Crippen LogP) is 3.95. The molecule has 2 aromatic carbocycles. The molecule has 1 aliphatic rings. The van der Waals surface area contributed by atoms with Gasteiger partial charge in [0.25, 0.3) is 0 Å². The summed E-state index contributed by atoms with van der Waals surface area (Å²) in [6, 6.07) is 9.82. The van der Waals surface area contributed by atoms with Crippen LogP contribution in [0.1, 0.15) is 11.8 Å². The maximum absolute atomic E-state index is 13.1. The summed E-state index contributed by atoms with van der Waals surface area (Å²) in [6.07, 6.45) is -6.38. The number of halogens is 4.